The van der Waals surface area contributed by atoms with Gasteiger partial charge >= 0.3 is 0 Å². The molecule has 5 nitrogen and oxygen atoms in total. The Morgan fingerprint density at radius 2 is 2.09 bits per heavy atom. The van der Waals surface area contributed by atoms with Crippen LogP contribution in [0.25, 0.3) is 10.8 Å². The zero-order valence-corrected chi connectivity index (χ0v) is 13.6. The molecule has 2 rings (SSSR count). The Labute approximate surface area is 135 Å². The van der Waals surface area contributed by atoms with E-state index in [9.17, 15) is 10.1 Å². The Kier molecular flexibility index (Phi) is 5.20. The van der Waals surface area contributed by atoms with Crippen LogP contribution in [-0.2, 0) is 16.0 Å². The van der Waals surface area contributed by atoms with Gasteiger partial charge in [0.2, 0.25) is 5.91 Å². The van der Waals surface area contributed by atoms with Gasteiger partial charge in [0.05, 0.1) is 26.2 Å². The van der Waals surface area contributed by atoms with E-state index in [1.54, 1.807) is 14.0 Å². The SMILES string of the molecule is COCC(C)(C#N)NC(=O)Cc1cccc2ccc(OC)cc12. The zero-order valence-electron chi connectivity index (χ0n) is 13.6. The summed E-state index contributed by atoms with van der Waals surface area (Å²) >= 11 is 0. The monoisotopic (exact) mass is 312 g/mol. The first-order valence-corrected chi connectivity index (χ1v) is 7.28. The number of rotatable bonds is 6. The number of carbonyl (C=O) groups is 1. The quantitative estimate of drug-likeness (QED) is 0.889. The lowest BCUT2D eigenvalue weighted by Crippen LogP contribution is -2.48. The molecular weight excluding hydrogens is 292 g/mol. The minimum atomic E-state index is -1.03. The van der Waals surface area contributed by atoms with Crippen LogP contribution >= 0.6 is 0 Å². The summed E-state index contributed by atoms with van der Waals surface area (Å²) in [6, 6.07) is 13.6. The van der Waals surface area contributed by atoms with E-state index in [1.165, 1.54) is 7.11 Å². The van der Waals surface area contributed by atoms with Gasteiger partial charge in [0.1, 0.15) is 11.3 Å². The normalized spacial score (nSPS) is 13.1. The van der Waals surface area contributed by atoms with E-state index in [2.05, 4.69) is 11.4 Å². The first kappa shape index (κ1) is 16.8. The summed E-state index contributed by atoms with van der Waals surface area (Å²) in [5.74, 6) is 0.521. The van der Waals surface area contributed by atoms with E-state index in [-0.39, 0.29) is 18.9 Å². The van der Waals surface area contributed by atoms with E-state index in [0.717, 1.165) is 22.1 Å². The fourth-order valence-electron chi connectivity index (χ4n) is 2.51. The number of ether oxygens (including phenoxy) is 2. The van der Waals surface area contributed by atoms with Gasteiger partial charge < -0.3 is 14.8 Å². The van der Waals surface area contributed by atoms with Crippen molar-refractivity contribution in [2.24, 2.45) is 0 Å². The number of benzene rings is 2. The molecule has 1 N–H and O–H groups in total. The largest absolute Gasteiger partial charge is 0.497 e. The predicted molar refractivity (Wildman–Crippen MR) is 88.2 cm³/mol. The smallest absolute Gasteiger partial charge is 0.225 e. The van der Waals surface area contributed by atoms with Crippen LogP contribution in [0.1, 0.15) is 12.5 Å². The highest BCUT2D eigenvalue weighted by atomic mass is 16.5. The Bertz CT molecular complexity index is 752. The fraction of sp³-hybridized carbons (Fsp3) is 0.333. The van der Waals surface area contributed by atoms with Crippen molar-refractivity contribution in [1.82, 2.24) is 5.32 Å². The molecular formula is C18H20N2O3. The van der Waals surface area contributed by atoms with Crippen molar-refractivity contribution in [3.63, 3.8) is 0 Å². The molecule has 0 bridgehead atoms. The average Bonchev–Trinajstić information content (AvgIpc) is 2.54. The molecule has 0 spiro atoms. The molecule has 0 aromatic heterocycles. The number of nitrogens with one attached hydrogen (secondary N) is 1. The summed E-state index contributed by atoms with van der Waals surface area (Å²) in [5.41, 5.74) is -0.148. The van der Waals surface area contributed by atoms with Crippen LogP contribution in [0, 0.1) is 11.3 Å². The van der Waals surface area contributed by atoms with Gasteiger partial charge in [-0.05, 0) is 35.4 Å². The maximum absolute atomic E-state index is 12.3. The molecule has 0 aliphatic heterocycles. The van der Waals surface area contributed by atoms with Gasteiger partial charge in [-0.1, -0.05) is 24.3 Å². The van der Waals surface area contributed by atoms with Crippen molar-refractivity contribution in [3.8, 4) is 11.8 Å². The number of carbonyl (C=O) groups excluding carboxylic acids is 1. The molecule has 120 valence electrons. The van der Waals surface area contributed by atoms with Gasteiger partial charge in [0.25, 0.3) is 0 Å². The Balaban J connectivity index is 2.24. The molecule has 0 aliphatic carbocycles. The van der Waals surface area contributed by atoms with Crippen LogP contribution in [-0.4, -0.2) is 32.3 Å². The highest BCUT2D eigenvalue weighted by molar-refractivity contribution is 5.91. The first-order valence-electron chi connectivity index (χ1n) is 7.28. The van der Waals surface area contributed by atoms with Gasteiger partial charge in [-0.15, -0.1) is 0 Å². The molecule has 0 saturated carbocycles. The minimum Gasteiger partial charge on any atom is -0.497 e. The minimum absolute atomic E-state index is 0.138. The fourth-order valence-corrected chi connectivity index (χ4v) is 2.51. The second-order valence-corrected chi connectivity index (χ2v) is 5.61. The first-order chi connectivity index (χ1) is 11.0. The maximum Gasteiger partial charge on any atom is 0.225 e. The second-order valence-electron chi connectivity index (χ2n) is 5.61. The maximum atomic E-state index is 12.3. The molecule has 0 heterocycles. The third kappa shape index (κ3) is 3.99. The third-order valence-electron chi connectivity index (χ3n) is 3.63. The van der Waals surface area contributed by atoms with E-state index in [0.29, 0.717) is 0 Å². The van der Waals surface area contributed by atoms with Gasteiger partial charge in [0, 0.05) is 7.11 Å². The van der Waals surface area contributed by atoms with Crippen LogP contribution in [0.4, 0.5) is 0 Å². The lowest BCUT2D eigenvalue weighted by molar-refractivity contribution is -0.122. The van der Waals surface area contributed by atoms with Crippen molar-refractivity contribution in [1.29, 1.82) is 5.26 Å². The average molecular weight is 312 g/mol. The molecule has 2 aromatic rings. The molecule has 0 radical (unpaired) electrons. The third-order valence-corrected chi connectivity index (χ3v) is 3.63. The van der Waals surface area contributed by atoms with Crippen LogP contribution in [0.15, 0.2) is 36.4 Å². The van der Waals surface area contributed by atoms with Crippen molar-refractivity contribution in [2.75, 3.05) is 20.8 Å². The summed E-state index contributed by atoms with van der Waals surface area (Å²) in [6.07, 6.45) is 0.186. The highest BCUT2D eigenvalue weighted by Gasteiger charge is 2.26. The summed E-state index contributed by atoms with van der Waals surface area (Å²) in [7, 11) is 3.11. The number of amides is 1. The molecule has 0 aliphatic rings. The van der Waals surface area contributed by atoms with E-state index < -0.39 is 5.54 Å². The number of methoxy groups -OCH3 is 2. The summed E-state index contributed by atoms with van der Waals surface area (Å²) in [5, 5.41) is 13.9. The summed E-state index contributed by atoms with van der Waals surface area (Å²) in [6.45, 7) is 1.78. The van der Waals surface area contributed by atoms with Gasteiger partial charge in [-0.2, -0.15) is 5.26 Å². The molecule has 0 saturated heterocycles. The standard InChI is InChI=1S/C18H20N2O3/c1-18(11-19,12-22-2)20-17(21)9-14-6-4-5-13-7-8-15(23-3)10-16(13)14/h4-8,10H,9,12H2,1-3H3,(H,20,21). The number of nitrogens with zero attached hydrogens (tertiary/aromatic N) is 1. The number of fused-ring (bicyclic) bond motifs is 1. The summed E-state index contributed by atoms with van der Waals surface area (Å²) < 4.78 is 10.2. The van der Waals surface area contributed by atoms with Gasteiger partial charge in [-0.3, -0.25) is 4.79 Å². The van der Waals surface area contributed by atoms with Crippen LogP contribution < -0.4 is 10.1 Å². The molecule has 1 atom stereocenters. The van der Waals surface area contributed by atoms with Crippen LogP contribution in [0.3, 0.4) is 0 Å². The summed E-state index contributed by atoms with van der Waals surface area (Å²) in [4.78, 5) is 12.3. The van der Waals surface area contributed by atoms with Crippen LogP contribution in [0.5, 0.6) is 5.75 Å². The second kappa shape index (κ2) is 7.12. The van der Waals surface area contributed by atoms with Crippen molar-refractivity contribution in [3.05, 3.63) is 42.0 Å². The number of nitriles is 1. The van der Waals surface area contributed by atoms with Gasteiger partial charge in [0.15, 0.2) is 0 Å². The Hall–Kier alpha value is -2.58. The number of hydrogen-bond acceptors (Lipinski definition) is 4. The lowest BCUT2D eigenvalue weighted by atomic mass is 10.0. The van der Waals surface area contributed by atoms with Crippen molar-refractivity contribution >= 4 is 16.7 Å². The van der Waals surface area contributed by atoms with E-state index >= 15 is 0 Å². The van der Waals surface area contributed by atoms with Crippen LogP contribution in [0.2, 0.25) is 0 Å². The van der Waals surface area contributed by atoms with E-state index in [4.69, 9.17) is 9.47 Å². The van der Waals surface area contributed by atoms with Crippen molar-refractivity contribution in [2.45, 2.75) is 18.9 Å². The Morgan fingerprint density at radius 3 is 2.74 bits per heavy atom. The molecule has 1 amide bonds. The molecule has 0 fully saturated rings. The molecule has 2 aromatic carbocycles. The lowest BCUT2D eigenvalue weighted by Gasteiger charge is -2.22. The Morgan fingerprint density at radius 1 is 1.30 bits per heavy atom. The molecule has 5 heteroatoms. The highest BCUT2D eigenvalue weighted by Crippen LogP contribution is 2.24. The predicted octanol–water partition coefficient (Wildman–Crippen LogP) is 2.44. The number of hydrogen-bond donors (Lipinski definition) is 1. The van der Waals surface area contributed by atoms with Crippen molar-refractivity contribution < 1.29 is 14.3 Å². The zero-order chi connectivity index (χ0) is 16.9. The van der Waals surface area contributed by atoms with Gasteiger partial charge in [-0.25, -0.2) is 0 Å². The molecule has 1 unspecified atom stereocenters. The van der Waals surface area contributed by atoms with E-state index in [1.807, 2.05) is 36.4 Å². The molecule has 23 heavy (non-hydrogen) atoms. The topological polar surface area (TPSA) is 71.3 Å².